The molecule has 1 heterocycles. The van der Waals surface area contributed by atoms with Gasteiger partial charge in [0.05, 0.1) is 11.6 Å². The fourth-order valence-corrected chi connectivity index (χ4v) is 2.71. The molecule has 1 aliphatic heterocycles. The molecule has 2 N–H and O–H groups in total. The summed E-state index contributed by atoms with van der Waals surface area (Å²) in [7, 11) is 0. The molecule has 1 amide bonds. The van der Waals surface area contributed by atoms with Crippen molar-refractivity contribution in [2.45, 2.75) is 25.7 Å². The number of rotatable bonds is 5. The molecule has 0 radical (unpaired) electrons. The number of nitrogens with one attached hydrogen (secondary N) is 1. The predicted octanol–water partition coefficient (Wildman–Crippen LogP) is 2.02. The molecular formula is C14H17ClFNO3. The van der Waals surface area contributed by atoms with Crippen LogP contribution in [-0.2, 0) is 11.2 Å². The van der Waals surface area contributed by atoms with E-state index in [4.69, 9.17) is 21.4 Å². The zero-order valence-corrected chi connectivity index (χ0v) is 12.0. The van der Waals surface area contributed by atoms with Crippen LogP contribution < -0.4 is 10.1 Å². The fraction of sp³-hybridized carbons (Fsp3) is 0.500. The van der Waals surface area contributed by atoms with Gasteiger partial charge in [0.1, 0.15) is 11.6 Å². The maximum Gasteiger partial charge on any atom is 0.220 e. The Morgan fingerprint density at radius 1 is 1.60 bits per heavy atom. The Morgan fingerprint density at radius 2 is 2.35 bits per heavy atom. The van der Waals surface area contributed by atoms with Crippen LogP contribution in [0.4, 0.5) is 4.39 Å². The molecule has 0 bridgehead atoms. The second-order valence-electron chi connectivity index (χ2n) is 4.69. The number of aliphatic hydroxyl groups is 1. The molecule has 1 aromatic rings. The van der Waals surface area contributed by atoms with Crippen molar-refractivity contribution in [1.29, 1.82) is 0 Å². The minimum Gasteiger partial charge on any atom is -0.493 e. The maximum absolute atomic E-state index is 14.4. The van der Waals surface area contributed by atoms with Crippen molar-refractivity contribution in [3.05, 3.63) is 28.0 Å². The number of carbonyl (C=O) groups excluding carboxylic acids is 1. The zero-order valence-electron chi connectivity index (χ0n) is 11.2. The van der Waals surface area contributed by atoms with E-state index in [0.717, 1.165) is 0 Å². The number of halogens is 2. The van der Waals surface area contributed by atoms with Crippen molar-refractivity contribution < 1.29 is 19.0 Å². The number of hydrogen-bond acceptors (Lipinski definition) is 3. The van der Waals surface area contributed by atoms with Crippen LogP contribution in [0.5, 0.6) is 5.75 Å². The first-order valence-electron chi connectivity index (χ1n) is 6.59. The monoisotopic (exact) mass is 301 g/mol. The van der Waals surface area contributed by atoms with Gasteiger partial charge in [-0.2, -0.15) is 0 Å². The molecule has 1 fully saturated rings. The molecule has 2 rings (SSSR count). The van der Waals surface area contributed by atoms with Crippen molar-refractivity contribution in [3.8, 4) is 5.75 Å². The van der Waals surface area contributed by atoms with Crippen LogP contribution in [0.2, 0.25) is 5.02 Å². The molecule has 1 aromatic carbocycles. The van der Waals surface area contributed by atoms with E-state index in [2.05, 4.69) is 5.32 Å². The lowest BCUT2D eigenvalue weighted by Gasteiger charge is -2.19. The van der Waals surface area contributed by atoms with E-state index in [1.54, 1.807) is 6.92 Å². The Labute approximate surface area is 121 Å². The smallest absolute Gasteiger partial charge is 0.220 e. The van der Waals surface area contributed by atoms with Gasteiger partial charge >= 0.3 is 0 Å². The van der Waals surface area contributed by atoms with Gasteiger partial charge < -0.3 is 15.2 Å². The Kier molecular flexibility index (Phi) is 4.83. The maximum atomic E-state index is 14.4. The molecule has 1 aliphatic rings. The summed E-state index contributed by atoms with van der Waals surface area (Å²) >= 11 is 5.92. The highest BCUT2D eigenvalue weighted by Gasteiger charge is 2.31. The minimum absolute atomic E-state index is 0.00810. The molecule has 20 heavy (non-hydrogen) atoms. The molecule has 4 nitrogen and oxygen atoms in total. The van der Waals surface area contributed by atoms with Crippen LogP contribution in [0.15, 0.2) is 6.07 Å². The molecule has 1 saturated heterocycles. The van der Waals surface area contributed by atoms with E-state index in [1.807, 2.05) is 0 Å². The van der Waals surface area contributed by atoms with Gasteiger partial charge in [-0.15, -0.1) is 0 Å². The number of hydrogen-bond donors (Lipinski definition) is 2. The summed E-state index contributed by atoms with van der Waals surface area (Å²) in [5.74, 6) is -0.538. The average molecular weight is 302 g/mol. The highest BCUT2D eigenvalue weighted by Crippen LogP contribution is 2.39. The van der Waals surface area contributed by atoms with Crippen molar-refractivity contribution in [1.82, 2.24) is 5.32 Å². The quantitative estimate of drug-likeness (QED) is 0.875. The van der Waals surface area contributed by atoms with E-state index in [0.29, 0.717) is 36.4 Å². The van der Waals surface area contributed by atoms with Crippen molar-refractivity contribution in [2.24, 2.45) is 0 Å². The SMILES string of the molecule is CCOc1c(CCO)cc(Cl)c(F)c1[C@@H]1CNC(=O)C1. The average Bonchev–Trinajstić information content (AvgIpc) is 2.82. The first kappa shape index (κ1) is 15.1. The van der Waals surface area contributed by atoms with Crippen LogP contribution in [0.1, 0.15) is 30.4 Å². The van der Waals surface area contributed by atoms with Gasteiger partial charge in [-0.3, -0.25) is 4.79 Å². The molecular weight excluding hydrogens is 285 g/mol. The Hall–Kier alpha value is -1.33. The third kappa shape index (κ3) is 2.88. The van der Waals surface area contributed by atoms with Crippen LogP contribution in [0.3, 0.4) is 0 Å². The van der Waals surface area contributed by atoms with E-state index in [9.17, 15) is 9.18 Å². The largest absolute Gasteiger partial charge is 0.493 e. The molecule has 0 aliphatic carbocycles. The first-order chi connectivity index (χ1) is 9.58. The molecule has 1 atom stereocenters. The van der Waals surface area contributed by atoms with Gasteiger partial charge in [0, 0.05) is 31.1 Å². The van der Waals surface area contributed by atoms with E-state index >= 15 is 0 Å². The van der Waals surface area contributed by atoms with Gasteiger partial charge in [0.2, 0.25) is 5.91 Å². The highest BCUT2D eigenvalue weighted by molar-refractivity contribution is 6.31. The second kappa shape index (κ2) is 6.41. The first-order valence-corrected chi connectivity index (χ1v) is 6.97. The third-order valence-corrected chi connectivity index (χ3v) is 3.61. The summed E-state index contributed by atoms with van der Waals surface area (Å²) in [6.07, 6.45) is 0.548. The van der Waals surface area contributed by atoms with Gasteiger partial charge in [-0.1, -0.05) is 11.6 Å². The summed E-state index contributed by atoms with van der Waals surface area (Å²) in [5, 5.41) is 11.8. The van der Waals surface area contributed by atoms with Gasteiger partial charge in [0.15, 0.2) is 0 Å². The summed E-state index contributed by atoms with van der Waals surface area (Å²) in [6.45, 7) is 2.47. The Bertz CT molecular complexity index is 522. The van der Waals surface area contributed by atoms with Crippen molar-refractivity contribution in [2.75, 3.05) is 19.8 Å². The van der Waals surface area contributed by atoms with E-state index in [1.165, 1.54) is 6.07 Å². The molecule has 6 heteroatoms. The van der Waals surface area contributed by atoms with Gasteiger partial charge in [-0.05, 0) is 25.0 Å². The molecule has 0 spiro atoms. The second-order valence-corrected chi connectivity index (χ2v) is 5.09. The minimum atomic E-state index is -0.543. The van der Waals surface area contributed by atoms with Gasteiger partial charge in [0.25, 0.3) is 0 Å². The summed E-state index contributed by atoms with van der Waals surface area (Å²) in [4.78, 5) is 11.4. The number of ether oxygens (including phenoxy) is 1. The van der Waals surface area contributed by atoms with Crippen LogP contribution >= 0.6 is 11.6 Å². The van der Waals surface area contributed by atoms with Crippen LogP contribution in [0.25, 0.3) is 0 Å². The fourth-order valence-electron chi connectivity index (χ4n) is 2.48. The topological polar surface area (TPSA) is 58.6 Å². The molecule has 110 valence electrons. The summed E-state index contributed by atoms with van der Waals surface area (Å²) in [5.41, 5.74) is 0.997. The summed E-state index contributed by atoms with van der Waals surface area (Å²) < 4.78 is 19.9. The molecule has 0 saturated carbocycles. The lowest BCUT2D eigenvalue weighted by Crippen LogP contribution is -2.14. The van der Waals surface area contributed by atoms with E-state index < -0.39 is 5.82 Å². The Balaban J connectivity index is 2.52. The third-order valence-electron chi connectivity index (χ3n) is 3.34. The van der Waals surface area contributed by atoms with Crippen molar-refractivity contribution in [3.63, 3.8) is 0 Å². The van der Waals surface area contributed by atoms with E-state index in [-0.39, 0.29) is 29.9 Å². The standard InChI is InChI=1S/C14H17ClFNO3/c1-2-20-14-8(3-4-18)5-10(15)13(16)12(14)9-6-11(19)17-7-9/h5,9,18H,2-4,6-7H2,1H3,(H,17,19)/t9-/m0/s1. The van der Waals surface area contributed by atoms with Crippen molar-refractivity contribution >= 4 is 17.5 Å². The molecule has 0 unspecified atom stereocenters. The van der Waals surface area contributed by atoms with Crippen LogP contribution in [-0.4, -0.2) is 30.8 Å². The lowest BCUT2D eigenvalue weighted by molar-refractivity contribution is -0.119. The van der Waals surface area contributed by atoms with Gasteiger partial charge in [-0.25, -0.2) is 4.39 Å². The summed E-state index contributed by atoms with van der Waals surface area (Å²) in [6, 6.07) is 1.48. The number of benzene rings is 1. The predicted molar refractivity (Wildman–Crippen MR) is 73.7 cm³/mol. The number of carbonyl (C=O) groups is 1. The zero-order chi connectivity index (χ0) is 14.7. The number of aliphatic hydroxyl groups excluding tert-OH is 1. The molecule has 0 aromatic heterocycles. The van der Waals surface area contributed by atoms with Crippen LogP contribution in [0, 0.1) is 5.82 Å². The highest BCUT2D eigenvalue weighted by atomic mass is 35.5. The normalized spacial score (nSPS) is 18.2. The lowest BCUT2D eigenvalue weighted by atomic mass is 9.93. The Morgan fingerprint density at radius 3 is 2.90 bits per heavy atom. The number of amides is 1.